The standard InChI is InChI=1S/C18H21ClN2O3S/c1-13-7-9-15(10-8-13)20-18(22)11-12-21(25(3,23)24)17-6-4-5-16(19)14(17)2/h4-10H,11-12H2,1-3H3,(H,20,22). The summed E-state index contributed by atoms with van der Waals surface area (Å²) in [6.45, 7) is 3.75. The Morgan fingerprint density at radius 1 is 1.12 bits per heavy atom. The van der Waals surface area contributed by atoms with Crippen LogP contribution in [0, 0.1) is 13.8 Å². The SMILES string of the molecule is Cc1ccc(NC(=O)CCN(c2cccc(Cl)c2C)S(C)(=O)=O)cc1. The van der Waals surface area contributed by atoms with Crippen molar-refractivity contribution in [3.63, 3.8) is 0 Å². The lowest BCUT2D eigenvalue weighted by molar-refractivity contribution is -0.116. The van der Waals surface area contributed by atoms with Gasteiger partial charge in [-0.1, -0.05) is 35.4 Å². The minimum atomic E-state index is -3.54. The van der Waals surface area contributed by atoms with E-state index in [0.717, 1.165) is 11.8 Å². The molecule has 134 valence electrons. The summed E-state index contributed by atoms with van der Waals surface area (Å²) in [5.41, 5.74) is 2.92. The maximum atomic E-state index is 12.2. The topological polar surface area (TPSA) is 66.5 Å². The summed E-state index contributed by atoms with van der Waals surface area (Å²) < 4.78 is 25.5. The van der Waals surface area contributed by atoms with Crippen molar-refractivity contribution < 1.29 is 13.2 Å². The summed E-state index contributed by atoms with van der Waals surface area (Å²) >= 11 is 6.09. The van der Waals surface area contributed by atoms with Gasteiger partial charge in [0.2, 0.25) is 15.9 Å². The van der Waals surface area contributed by atoms with Crippen molar-refractivity contribution in [1.29, 1.82) is 0 Å². The molecule has 1 N–H and O–H groups in total. The molecule has 0 aliphatic rings. The zero-order valence-electron chi connectivity index (χ0n) is 14.4. The number of hydrogen-bond acceptors (Lipinski definition) is 3. The minimum absolute atomic E-state index is 0.0346. The number of sulfonamides is 1. The van der Waals surface area contributed by atoms with Crippen LogP contribution in [0.15, 0.2) is 42.5 Å². The van der Waals surface area contributed by atoms with Crippen LogP contribution in [0.5, 0.6) is 0 Å². The quantitative estimate of drug-likeness (QED) is 0.829. The highest BCUT2D eigenvalue weighted by Gasteiger charge is 2.21. The minimum Gasteiger partial charge on any atom is -0.326 e. The molecule has 5 nitrogen and oxygen atoms in total. The highest BCUT2D eigenvalue weighted by molar-refractivity contribution is 7.92. The first kappa shape index (κ1) is 19.3. The Labute approximate surface area is 153 Å². The third kappa shape index (κ3) is 5.21. The molecule has 0 saturated heterocycles. The summed E-state index contributed by atoms with van der Waals surface area (Å²) in [4.78, 5) is 12.2. The lowest BCUT2D eigenvalue weighted by Gasteiger charge is -2.24. The molecule has 2 aromatic carbocycles. The Morgan fingerprint density at radius 3 is 2.36 bits per heavy atom. The number of benzene rings is 2. The van der Waals surface area contributed by atoms with E-state index in [1.165, 1.54) is 4.31 Å². The monoisotopic (exact) mass is 380 g/mol. The fourth-order valence-corrected chi connectivity index (χ4v) is 3.54. The maximum Gasteiger partial charge on any atom is 0.232 e. The molecule has 0 spiro atoms. The predicted molar refractivity (Wildman–Crippen MR) is 103 cm³/mol. The smallest absolute Gasteiger partial charge is 0.232 e. The Bertz CT molecular complexity index is 864. The number of amides is 1. The first-order valence-corrected chi connectivity index (χ1v) is 10.0. The van der Waals surface area contributed by atoms with E-state index in [0.29, 0.717) is 22.0 Å². The van der Waals surface area contributed by atoms with Gasteiger partial charge in [-0.05, 0) is 43.7 Å². The normalized spacial score (nSPS) is 11.2. The number of halogens is 1. The van der Waals surface area contributed by atoms with Crippen LogP contribution in [0.1, 0.15) is 17.5 Å². The fraction of sp³-hybridized carbons (Fsp3) is 0.278. The van der Waals surface area contributed by atoms with Gasteiger partial charge in [-0.25, -0.2) is 8.42 Å². The van der Waals surface area contributed by atoms with Gasteiger partial charge in [-0.2, -0.15) is 0 Å². The second kappa shape index (κ2) is 7.89. The summed E-state index contributed by atoms with van der Waals surface area (Å²) in [5.74, 6) is -0.253. The van der Waals surface area contributed by atoms with E-state index in [2.05, 4.69) is 5.32 Å². The number of nitrogens with zero attached hydrogens (tertiary/aromatic N) is 1. The van der Waals surface area contributed by atoms with Crippen molar-refractivity contribution in [3.05, 3.63) is 58.6 Å². The van der Waals surface area contributed by atoms with Gasteiger partial charge < -0.3 is 5.32 Å². The van der Waals surface area contributed by atoms with Crippen LogP contribution in [-0.4, -0.2) is 27.1 Å². The molecule has 0 aliphatic carbocycles. The molecular weight excluding hydrogens is 360 g/mol. The molecule has 2 aromatic rings. The van der Waals surface area contributed by atoms with Crippen LogP contribution in [0.3, 0.4) is 0 Å². The predicted octanol–water partition coefficient (Wildman–Crippen LogP) is 3.75. The molecule has 25 heavy (non-hydrogen) atoms. The first-order valence-electron chi connectivity index (χ1n) is 7.78. The number of carbonyl (C=O) groups excluding carboxylic acids is 1. The van der Waals surface area contributed by atoms with Crippen molar-refractivity contribution in [3.8, 4) is 0 Å². The van der Waals surface area contributed by atoms with Gasteiger partial charge in [-0.3, -0.25) is 9.10 Å². The summed E-state index contributed by atoms with van der Waals surface area (Å²) in [5, 5.41) is 3.25. The molecule has 2 rings (SSSR count). The average molecular weight is 381 g/mol. The molecule has 1 amide bonds. The van der Waals surface area contributed by atoms with E-state index >= 15 is 0 Å². The molecule has 0 saturated carbocycles. The highest BCUT2D eigenvalue weighted by atomic mass is 35.5. The van der Waals surface area contributed by atoms with Gasteiger partial charge in [0, 0.05) is 23.7 Å². The van der Waals surface area contributed by atoms with E-state index in [4.69, 9.17) is 11.6 Å². The number of carbonyl (C=O) groups is 1. The first-order chi connectivity index (χ1) is 11.7. The van der Waals surface area contributed by atoms with Crippen LogP contribution in [0.2, 0.25) is 5.02 Å². The molecule has 0 radical (unpaired) electrons. The number of anilines is 2. The molecular formula is C18H21ClN2O3S. The molecule has 0 aromatic heterocycles. The summed E-state index contributed by atoms with van der Waals surface area (Å²) in [6.07, 6.45) is 1.15. The third-order valence-corrected chi connectivity index (χ3v) is 5.37. The molecule has 0 atom stereocenters. The fourth-order valence-electron chi connectivity index (χ4n) is 2.39. The number of hydrogen-bond donors (Lipinski definition) is 1. The second-order valence-corrected chi connectivity index (χ2v) is 8.20. The van der Waals surface area contributed by atoms with Crippen molar-refractivity contribution >= 4 is 38.9 Å². The van der Waals surface area contributed by atoms with Crippen LogP contribution in [-0.2, 0) is 14.8 Å². The largest absolute Gasteiger partial charge is 0.326 e. The van der Waals surface area contributed by atoms with Crippen molar-refractivity contribution in [2.24, 2.45) is 0 Å². The van der Waals surface area contributed by atoms with Gasteiger partial charge in [-0.15, -0.1) is 0 Å². The molecule has 0 unspecified atom stereocenters. The van der Waals surface area contributed by atoms with E-state index in [9.17, 15) is 13.2 Å². The van der Waals surface area contributed by atoms with Crippen LogP contribution >= 0.6 is 11.6 Å². The van der Waals surface area contributed by atoms with E-state index in [1.807, 2.05) is 31.2 Å². The van der Waals surface area contributed by atoms with E-state index in [1.54, 1.807) is 25.1 Å². The Balaban J connectivity index is 2.12. The van der Waals surface area contributed by atoms with E-state index < -0.39 is 10.0 Å². The summed E-state index contributed by atoms with van der Waals surface area (Å²) in [6, 6.07) is 12.5. The lowest BCUT2D eigenvalue weighted by atomic mass is 10.2. The van der Waals surface area contributed by atoms with Gasteiger partial charge >= 0.3 is 0 Å². The molecule has 0 aliphatic heterocycles. The van der Waals surface area contributed by atoms with Gasteiger partial charge in [0.1, 0.15) is 0 Å². The number of aryl methyl sites for hydroxylation is 1. The van der Waals surface area contributed by atoms with Crippen molar-refractivity contribution in [2.75, 3.05) is 22.4 Å². The highest BCUT2D eigenvalue weighted by Crippen LogP contribution is 2.28. The number of rotatable bonds is 6. The van der Waals surface area contributed by atoms with Gasteiger partial charge in [0.15, 0.2) is 0 Å². The van der Waals surface area contributed by atoms with Crippen LogP contribution < -0.4 is 9.62 Å². The average Bonchev–Trinajstić information content (AvgIpc) is 2.52. The third-order valence-electron chi connectivity index (χ3n) is 3.79. The Kier molecular flexibility index (Phi) is 6.08. The van der Waals surface area contributed by atoms with Crippen molar-refractivity contribution in [2.45, 2.75) is 20.3 Å². The Morgan fingerprint density at radius 2 is 1.76 bits per heavy atom. The second-order valence-electron chi connectivity index (χ2n) is 5.88. The van der Waals surface area contributed by atoms with Crippen LogP contribution in [0.4, 0.5) is 11.4 Å². The molecule has 0 heterocycles. The van der Waals surface area contributed by atoms with E-state index in [-0.39, 0.29) is 18.9 Å². The number of nitrogens with one attached hydrogen (secondary N) is 1. The van der Waals surface area contributed by atoms with Gasteiger partial charge in [0.25, 0.3) is 0 Å². The Hall–Kier alpha value is -2.05. The molecule has 0 bridgehead atoms. The zero-order valence-corrected chi connectivity index (χ0v) is 16.0. The zero-order chi connectivity index (χ0) is 18.6. The molecule has 7 heteroatoms. The molecule has 0 fully saturated rings. The van der Waals surface area contributed by atoms with Crippen molar-refractivity contribution in [1.82, 2.24) is 0 Å². The lowest BCUT2D eigenvalue weighted by Crippen LogP contribution is -2.33. The summed E-state index contributed by atoms with van der Waals surface area (Å²) in [7, 11) is -3.54. The van der Waals surface area contributed by atoms with Crippen LogP contribution in [0.25, 0.3) is 0 Å². The van der Waals surface area contributed by atoms with Gasteiger partial charge in [0.05, 0.1) is 11.9 Å². The maximum absolute atomic E-state index is 12.2.